The molecule has 0 amide bonds. The quantitative estimate of drug-likeness (QED) is 0.665. The maximum Gasteiger partial charge on any atom is 0.0822 e. The largest absolute Gasteiger partial charge is 0.294 e. The van der Waals surface area contributed by atoms with Gasteiger partial charge < -0.3 is 0 Å². The van der Waals surface area contributed by atoms with E-state index in [0.29, 0.717) is 5.92 Å². The maximum atomic E-state index is 6.10. The van der Waals surface area contributed by atoms with E-state index in [1.165, 1.54) is 18.4 Å². The maximum absolute atomic E-state index is 6.10. The third-order valence-corrected chi connectivity index (χ3v) is 2.51. The Kier molecular flexibility index (Phi) is 2.32. The number of aromatic nitrogens is 1. The minimum atomic E-state index is 0.660. The van der Waals surface area contributed by atoms with Crippen LogP contribution in [0.1, 0.15) is 30.0 Å². The summed E-state index contributed by atoms with van der Waals surface area (Å²) in [6.07, 6.45) is 6.09. The van der Waals surface area contributed by atoms with Crippen LogP contribution in [0.4, 0.5) is 0 Å². The number of pyridine rings is 1. The molecule has 0 N–H and O–H groups in total. The molecular formula is C10H11ClN2. The van der Waals surface area contributed by atoms with Crippen LogP contribution in [0.15, 0.2) is 17.3 Å². The Labute approximate surface area is 82.7 Å². The highest BCUT2D eigenvalue weighted by Crippen LogP contribution is 2.42. The van der Waals surface area contributed by atoms with E-state index in [9.17, 15) is 0 Å². The van der Waals surface area contributed by atoms with Crippen molar-refractivity contribution < 1.29 is 0 Å². The van der Waals surface area contributed by atoms with Gasteiger partial charge in [0.1, 0.15) is 0 Å². The molecule has 0 bridgehead atoms. The fourth-order valence-electron chi connectivity index (χ4n) is 1.35. The van der Waals surface area contributed by atoms with Crippen molar-refractivity contribution in [2.45, 2.75) is 18.8 Å². The summed E-state index contributed by atoms with van der Waals surface area (Å²) in [5.41, 5.74) is 2.02. The molecule has 0 atom stereocenters. The molecule has 1 aliphatic rings. The fraction of sp³-hybridized carbons (Fsp3) is 0.400. The summed E-state index contributed by atoms with van der Waals surface area (Å²) in [5.74, 6) is 0.660. The van der Waals surface area contributed by atoms with Gasteiger partial charge in [-0.25, -0.2) is 0 Å². The number of hydrogen-bond donors (Lipinski definition) is 0. The molecule has 3 heteroatoms. The lowest BCUT2D eigenvalue weighted by Crippen LogP contribution is -1.90. The predicted molar refractivity (Wildman–Crippen MR) is 54.7 cm³/mol. The zero-order valence-corrected chi connectivity index (χ0v) is 8.25. The molecule has 13 heavy (non-hydrogen) atoms. The Balaban J connectivity index is 2.31. The number of hydrogen-bond acceptors (Lipinski definition) is 2. The molecule has 1 saturated carbocycles. The first-order valence-corrected chi connectivity index (χ1v) is 4.76. The Hall–Kier alpha value is -0.890. The molecule has 1 aliphatic carbocycles. The number of aliphatic imine (C=N–C) groups is 1. The lowest BCUT2D eigenvalue weighted by molar-refractivity contribution is 1.09. The van der Waals surface area contributed by atoms with Crippen molar-refractivity contribution >= 4 is 17.8 Å². The van der Waals surface area contributed by atoms with Crippen molar-refractivity contribution in [3.63, 3.8) is 0 Å². The van der Waals surface area contributed by atoms with Gasteiger partial charge in [0, 0.05) is 24.5 Å². The summed E-state index contributed by atoms with van der Waals surface area (Å²) < 4.78 is 0. The van der Waals surface area contributed by atoms with E-state index < -0.39 is 0 Å². The molecule has 0 saturated heterocycles. The van der Waals surface area contributed by atoms with Crippen LogP contribution in [0.25, 0.3) is 0 Å². The van der Waals surface area contributed by atoms with Crippen molar-refractivity contribution in [3.8, 4) is 0 Å². The van der Waals surface area contributed by atoms with Crippen LogP contribution in [-0.2, 0) is 0 Å². The third-order valence-electron chi connectivity index (χ3n) is 2.18. The monoisotopic (exact) mass is 194 g/mol. The molecule has 68 valence electrons. The van der Waals surface area contributed by atoms with Gasteiger partial charge in [0.15, 0.2) is 0 Å². The topological polar surface area (TPSA) is 25.2 Å². The molecule has 1 fully saturated rings. The normalized spacial score (nSPS) is 16.8. The van der Waals surface area contributed by atoms with E-state index in [1.807, 2.05) is 12.3 Å². The summed E-state index contributed by atoms with van der Waals surface area (Å²) in [6, 6.07) is 1.88. The molecule has 1 heterocycles. The highest BCUT2D eigenvalue weighted by Gasteiger charge is 2.25. The van der Waals surface area contributed by atoms with Crippen LogP contribution in [0.3, 0.4) is 0 Å². The van der Waals surface area contributed by atoms with Crippen molar-refractivity contribution in [1.29, 1.82) is 0 Å². The highest BCUT2D eigenvalue weighted by atomic mass is 35.5. The number of rotatable bonds is 2. The van der Waals surface area contributed by atoms with Gasteiger partial charge in [0.2, 0.25) is 0 Å². The second-order valence-corrected chi connectivity index (χ2v) is 3.70. The first-order chi connectivity index (χ1) is 6.31. The van der Waals surface area contributed by atoms with E-state index in [-0.39, 0.29) is 0 Å². The summed E-state index contributed by atoms with van der Waals surface area (Å²) in [5, 5.41) is 0.826. The smallest absolute Gasteiger partial charge is 0.0822 e. The van der Waals surface area contributed by atoms with E-state index in [4.69, 9.17) is 11.6 Å². The highest BCUT2D eigenvalue weighted by molar-refractivity contribution is 6.31. The van der Waals surface area contributed by atoms with E-state index in [1.54, 1.807) is 13.3 Å². The van der Waals surface area contributed by atoms with Crippen LogP contribution in [0.2, 0.25) is 5.02 Å². The van der Waals surface area contributed by atoms with Crippen LogP contribution in [-0.4, -0.2) is 18.2 Å². The van der Waals surface area contributed by atoms with Gasteiger partial charge in [0.25, 0.3) is 0 Å². The molecule has 0 radical (unpaired) electrons. The lowest BCUT2D eigenvalue weighted by atomic mass is 10.2. The van der Waals surface area contributed by atoms with Crippen LogP contribution < -0.4 is 0 Å². The third kappa shape index (κ3) is 1.89. The van der Waals surface area contributed by atoms with Gasteiger partial charge in [-0.1, -0.05) is 11.6 Å². The van der Waals surface area contributed by atoms with Gasteiger partial charge in [-0.15, -0.1) is 0 Å². The summed E-state index contributed by atoms with van der Waals surface area (Å²) in [4.78, 5) is 8.15. The molecular weight excluding hydrogens is 184 g/mol. The Bertz CT molecular complexity index is 343. The summed E-state index contributed by atoms with van der Waals surface area (Å²) >= 11 is 6.10. The Morgan fingerprint density at radius 2 is 2.38 bits per heavy atom. The lowest BCUT2D eigenvalue weighted by Gasteiger charge is -2.01. The zero-order chi connectivity index (χ0) is 9.26. The van der Waals surface area contributed by atoms with E-state index >= 15 is 0 Å². The average molecular weight is 195 g/mol. The Morgan fingerprint density at radius 1 is 1.62 bits per heavy atom. The molecule has 1 aromatic heterocycles. The number of halogens is 1. The van der Waals surface area contributed by atoms with E-state index in [0.717, 1.165) is 10.7 Å². The number of nitrogens with zero attached hydrogens (tertiary/aromatic N) is 2. The second kappa shape index (κ2) is 3.46. The second-order valence-electron chi connectivity index (χ2n) is 3.29. The van der Waals surface area contributed by atoms with Crippen molar-refractivity contribution in [2.75, 3.05) is 7.05 Å². The van der Waals surface area contributed by atoms with Gasteiger partial charge in [-0.05, 0) is 30.4 Å². The molecule has 0 unspecified atom stereocenters. The molecule has 0 aromatic carbocycles. The van der Waals surface area contributed by atoms with Crippen LogP contribution in [0, 0.1) is 0 Å². The first-order valence-electron chi connectivity index (χ1n) is 4.39. The zero-order valence-electron chi connectivity index (χ0n) is 7.50. The fourth-order valence-corrected chi connectivity index (χ4v) is 1.67. The van der Waals surface area contributed by atoms with Crippen molar-refractivity contribution in [3.05, 3.63) is 28.5 Å². The SMILES string of the molecule is CN=Cc1cc(Cl)c(C2CC2)cn1. The minimum Gasteiger partial charge on any atom is -0.294 e. The van der Waals surface area contributed by atoms with Crippen LogP contribution in [0.5, 0.6) is 0 Å². The summed E-state index contributed by atoms with van der Waals surface area (Å²) in [6.45, 7) is 0. The molecule has 1 aromatic rings. The van der Waals surface area contributed by atoms with Gasteiger partial charge in [-0.2, -0.15) is 0 Å². The van der Waals surface area contributed by atoms with E-state index in [2.05, 4.69) is 9.98 Å². The predicted octanol–water partition coefficient (Wildman–Crippen LogP) is 2.66. The molecule has 0 aliphatic heterocycles. The standard InChI is InChI=1S/C10H11ClN2/c1-12-5-8-4-10(11)9(6-13-8)7-2-3-7/h4-7H,2-3H2,1H3. The minimum absolute atomic E-state index is 0.660. The molecule has 2 nitrogen and oxygen atoms in total. The molecule has 2 rings (SSSR count). The summed E-state index contributed by atoms with van der Waals surface area (Å²) in [7, 11) is 1.73. The Morgan fingerprint density at radius 3 is 2.92 bits per heavy atom. The van der Waals surface area contributed by atoms with Crippen LogP contribution >= 0.6 is 11.6 Å². The van der Waals surface area contributed by atoms with Gasteiger partial charge in [-0.3, -0.25) is 9.98 Å². The van der Waals surface area contributed by atoms with Gasteiger partial charge >= 0.3 is 0 Å². The first kappa shape index (κ1) is 8.70. The average Bonchev–Trinajstić information content (AvgIpc) is 2.88. The van der Waals surface area contributed by atoms with Crippen molar-refractivity contribution in [1.82, 2.24) is 4.98 Å². The molecule has 0 spiro atoms. The van der Waals surface area contributed by atoms with Crippen molar-refractivity contribution in [2.24, 2.45) is 4.99 Å². The van der Waals surface area contributed by atoms with Gasteiger partial charge in [0.05, 0.1) is 5.69 Å².